The van der Waals surface area contributed by atoms with Gasteiger partial charge in [-0.05, 0) is 44.4 Å². The summed E-state index contributed by atoms with van der Waals surface area (Å²) in [4.78, 5) is 47.8. The van der Waals surface area contributed by atoms with E-state index in [0.29, 0.717) is 52.6 Å². The summed E-state index contributed by atoms with van der Waals surface area (Å²) >= 11 is 12.5. The summed E-state index contributed by atoms with van der Waals surface area (Å²) in [6.45, 7) is 7.40. The Labute approximate surface area is 222 Å². The Morgan fingerprint density at radius 2 is 1.81 bits per heavy atom. The predicted molar refractivity (Wildman–Crippen MR) is 139 cm³/mol. The van der Waals surface area contributed by atoms with Crippen LogP contribution in [0.3, 0.4) is 0 Å². The molecule has 4 amide bonds. The number of amides is 4. The van der Waals surface area contributed by atoms with Crippen molar-refractivity contribution < 1.29 is 14.4 Å². The van der Waals surface area contributed by atoms with E-state index in [0.717, 1.165) is 13.1 Å². The number of piperazine rings is 1. The maximum Gasteiger partial charge on any atom is 0.322 e. The quantitative estimate of drug-likeness (QED) is 0.626. The minimum Gasteiger partial charge on any atom is -0.338 e. The van der Waals surface area contributed by atoms with Crippen LogP contribution in [0, 0.1) is 0 Å². The third kappa shape index (κ3) is 4.48. The Kier molecular flexibility index (Phi) is 7.21. The maximum absolute atomic E-state index is 13.8. The van der Waals surface area contributed by atoms with Crippen LogP contribution in [-0.4, -0.2) is 88.8 Å². The van der Waals surface area contributed by atoms with E-state index in [9.17, 15) is 14.4 Å². The summed E-state index contributed by atoms with van der Waals surface area (Å²) in [5.41, 5.74) is 1.70. The number of carbonyl (C=O) groups is 3. The van der Waals surface area contributed by atoms with Gasteiger partial charge >= 0.3 is 6.03 Å². The molecule has 0 aromatic heterocycles. The summed E-state index contributed by atoms with van der Waals surface area (Å²) in [5.74, 6) is -0.289. The van der Waals surface area contributed by atoms with Crippen LogP contribution in [0.4, 0.5) is 4.79 Å². The van der Waals surface area contributed by atoms with Crippen molar-refractivity contribution >= 4 is 41.0 Å². The molecule has 3 aliphatic heterocycles. The van der Waals surface area contributed by atoms with E-state index < -0.39 is 12.1 Å². The highest BCUT2D eigenvalue weighted by Crippen LogP contribution is 2.40. The Morgan fingerprint density at radius 1 is 1.11 bits per heavy atom. The SMILES string of the molecule is CCN1C(=O)NC(c2ccc(Cl)cc2Cl)C2=C1CN(C(C)C(=O)N1CCN(C3CCCC3)CC1)C2=O. The second-order valence-corrected chi connectivity index (χ2v) is 10.9. The standard InChI is InChI=1S/C26H33Cl2N5O3/c1-3-32-21-15-33(16(2)24(34)31-12-10-30(11-13-31)18-6-4-5-7-18)25(35)22(21)23(29-26(32)36)19-9-8-17(27)14-20(19)28/h8-9,14,16,18,23H,3-7,10-13,15H2,1-2H3,(H,29,36). The first kappa shape index (κ1) is 25.4. The van der Waals surface area contributed by atoms with Crippen LogP contribution in [0.2, 0.25) is 10.0 Å². The molecule has 1 saturated heterocycles. The number of hydrogen-bond donors (Lipinski definition) is 1. The second-order valence-electron chi connectivity index (χ2n) is 10.1. The monoisotopic (exact) mass is 533 g/mol. The molecule has 5 rings (SSSR count). The summed E-state index contributed by atoms with van der Waals surface area (Å²) in [5, 5.41) is 3.78. The van der Waals surface area contributed by atoms with Crippen molar-refractivity contribution in [2.45, 2.75) is 57.7 Å². The van der Waals surface area contributed by atoms with Crippen molar-refractivity contribution in [3.05, 3.63) is 45.1 Å². The van der Waals surface area contributed by atoms with Gasteiger partial charge in [-0.15, -0.1) is 0 Å². The molecule has 8 nitrogen and oxygen atoms in total. The van der Waals surface area contributed by atoms with Crippen LogP contribution in [0.1, 0.15) is 51.1 Å². The number of hydrogen-bond acceptors (Lipinski definition) is 4. The molecule has 1 N–H and O–H groups in total. The zero-order valence-corrected chi connectivity index (χ0v) is 22.3. The minimum atomic E-state index is -0.699. The molecule has 2 unspecified atom stereocenters. The van der Waals surface area contributed by atoms with E-state index in [4.69, 9.17) is 23.2 Å². The van der Waals surface area contributed by atoms with Crippen molar-refractivity contribution in [3.8, 4) is 0 Å². The minimum absolute atomic E-state index is 0.0438. The number of benzene rings is 1. The fraction of sp³-hybridized carbons (Fsp3) is 0.577. The third-order valence-electron chi connectivity index (χ3n) is 8.13. The molecule has 2 fully saturated rings. The molecule has 36 heavy (non-hydrogen) atoms. The van der Waals surface area contributed by atoms with Gasteiger partial charge in [0.1, 0.15) is 6.04 Å². The molecule has 2 atom stereocenters. The maximum atomic E-state index is 13.8. The van der Waals surface area contributed by atoms with E-state index in [1.165, 1.54) is 25.7 Å². The highest BCUT2D eigenvalue weighted by Gasteiger charge is 2.47. The highest BCUT2D eigenvalue weighted by atomic mass is 35.5. The number of nitrogens with one attached hydrogen (secondary N) is 1. The number of rotatable bonds is 5. The van der Waals surface area contributed by atoms with Gasteiger partial charge in [0.2, 0.25) is 5.91 Å². The average Bonchev–Trinajstić information content (AvgIpc) is 3.52. The molecule has 1 saturated carbocycles. The average molecular weight is 534 g/mol. The molecular weight excluding hydrogens is 501 g/mol. The van der Waals surface area contributed by atoms with Crippen LogP contribution in [0.15, 0.2) is 29.5 Å². The molecule has 1 aromatic carbocycles. The number of carbonyl (C=O) groups excluding carboxylic acids is 3. The largest absolute Gasteiger partial charge is 0.338 e. The van der Waals surface area contributed by atoms with Crippen LogP contribution in [0.5, 0.6) is 0 Å². The van der Waals surface area contributed by atoms with Gasteiger partial charge in [-0.1, -0.05) is 42.1 Å². The number of likely N-dealkylation sites (N-methyl/N-ethyl adjacent to an activating group) is 1. The first-order chi connectivity index (χ1) is 17.3. The lowest BCUT2D eigenvalue weighted by atomic mass is 9.95. The molecule has 4 aliphatic rings. The van der Waals surface area contributed by atoms with Crippen LogP contribution in [0.25, 0.3) is 0 Å². The van der Waals surface area contributed by atoms with E-state index in [1.807, 2.05) is 11.8 Å². The molecule has 194 valence electrons. The van der Waals surface area contributed by atoms with Crippen molar-refractivity contribution in [2.24, 2.45) is 0 Å². The van der Waals surface area contributed by atoms with E-state index >= 15 is 0 Å². The van der Waals surface area contributed by atoms with Gasteiger partial charge in [-0.2, -0.15) is 0 Å². The number of nitrogens with zero attached hydrogens (tertiary/aromatic N) is 4. The molecule has 3 heterocycles. The number of urea groups is 1. The van der Waals surface area contributed by atoms with Gasteiger partial charge < -0.3 is 15.1 Å². The lowest BCUT2D eigenvalue weighted by Gasteiger charge is -2.40. The van der Waals surface area contributed by atoms with E-state index in [-0.39, 0.29) is 24.4 Å². The second kappa shape index (κ2) is 10.2. The van der Waals surface area contributed by atoms with Gasteiger partial charge in [-0.3, -0.25) is 19.4 Å². The summed E-state index contributed by atoms with van der Waals surface area (Å²) in [6, 6.07) is 4.06. The fourth-order valence-corrected chi connectivity index (χ4v) is 6.62. The molecule has 10 heteroatoms. The van der Waals surface area contributed by atoms with Crippen molar-refractivity contribution in [1.29, 1.82) is 0 Å². The molecule has 0 radical (unpaired) electrons. The first-order valence-electron chi connectivity index (χ1n) is 12.9. The molecule has 1 aromatic rings. The smallest absolute Gasteiger partial charge is 0.322 e. The van der Waals surface area contributed by atoms with Gasteiger partial charge in [0, 0.05) is 48.8 Å². The topological polar surface area (TPSA) is 76.2 Å². The lowest BCUT2D eigenvalue weighted by molar-refractivity contribution is -0.143. The molecule has 1 aliphatic carbocycles. The Balaban J connectivity index is 1.34. The van der Waals surface area contributed by atoms with Crippen molar-refractivity contribution in [3.63, 3.8) is 0 Å². The van der Waals surface area contributed by atoms with Gasteiger partial charge in [0.05, 0.1) is 23.9 Å². The van der Waals surface area contributed by atoms with Gasteiger partial charge in [-0.25, -0.2) is 4.79 Å². The van der Waals surface area contributed by atoms with E-state index in [1.54, 1.807) is 34.9 Å². The van der Waals surface area contributed by atoms with E-state index in [2.05, 4.69) is 10.2 Å². The molecule has 0 bridgehead atoms. The number of halogens is 2. The zero-order chi connectivity index (χ0) is 25.6. The van der Waals surface area contributed by atoms with Crippen molar-refractivity contribution in [1.82, 2.24) is 24.9 Å². The summed E-state index contributed by atoms with van der Waals surface area (Å²) < 4.78 is 0. The van der Waals surface area contributed by atoms with Crippen LogP contribution in [-0.2, 0) is 9.59 Å². The van der Waals surface area contributed by atoms with Gasteiger partial charge in [0.15, 0.2) is 0 Å². The Bertz CT molecular complexity index is 1100. The Morgan fingerprint density at radius 3 is 2.44 bits per heavy atom. The van der Waals surface area contributed by atoms with Gasteiger partial charge in [0.25, 0.3) is 5.91 Å². The predicted octanol–water partition coefficient (Wildman–Crippen LogP) is 3.65. The normalized spacial score (nSPS) is 24.4. The fourth-order valence-electron chi connectivity index (χ4n) is 6.10. The highest BCUT2D eigenvalue weighted by molar-refractivity contribution is 6.35. The van der Waals surface area contributed by atoms with Crippen LogP contribution < -0.4 is 5.32 Å². The Hall–Kier alpha value is -2.29. The molecule has 0 spiro atoms. The zero-order valence-electron chi connectivity index (χ0n) is 20.8. The molecular formula is C26H33Cl2N5O3. The van der Waals surface area contributed by atoms with Crippen molar-refractivity contribution in [2.75, 3.05) is 39.3 Å². The first-order valence-corrected chi connectivity index (χ1v) is 13.7. The van der Waals surface area contributed by atoms with Crippen LogP contribution >= 0.6 is 23.2 Å². The lowest BCUT2D eigenvalue weighted by Crippen LogP contribution is -2.56. The third-order valence-corrected chi connectivity index (χ3v) is 8.69. The summed E-state index contributed by atoms with van der Waals surface area (Å²) in [7, 11) is 0. The summed E-state index contributed by atoms with van der Waals surface area (Å²) in [6.07, 6.45) is 5.10.